The first-order valence-corrected chi connectivity index (χ1v) is 6.44. The van der Waals surface area contributed by atoms with Crippen LogP contribution in [0.25, 0.3) is 0 Å². The largest absolute Gasteiger partial charge is 0.494 e. The first-order valence-electron chi connectivity index (χ1n) is 6.44. The first kappa shape index (κ1) is 13.4. The Kier molecular flexibility index (Phi) is 4.04. The average molecular weight is 262 g/mol. The van der Waals surface area contributed by atoms with E-state index in [-0.39, 0.29) is 11.8 Å². The summed E-state index contributed by atoms with van der Waals surface area (Å²) in [5.41, 5.74) is 1.68. The number of amides is 2. The molecule has 1 aromatic carbocycles. The predicted octanol–water partition coefficient (Wildman–Crippen LogP) is 1.61. The Morgan fingerprint density at radius 2 is 2.32 bits per heavy atom. The lowest BCUT2D eigenvalue weighted by molar-refractivity contribution is -0.122. The van der Waals surface area contributed by atoms with E-state index in [1.54, 1.807) is 6.07 Å². The van der Waals surface area contributed by atoms with E-state index in [0.29, 0.717) is 25.1 Å². The van der Waals surface area contributed by atoms with Crippen LogP contribution in [0, 0.1) is 6.92 Å². The minimum Gasteiger partial charge on any atom is -0.494 e. The maximum Gasteiger partial charge on any atom is 0.246 e. The lowest BCUT2D eigenvalue weighted by Crippen LogP contribution is -2.37. The molecule has 0 aliphatic carbocycles. The van der Waals surface area contributed by atoms with Crippen LogP contribution in [0.3, 0.4) is 0 Å². The van der Waals surface area contributed by atoms with Gasteiger partial charge < -0.3 is 15.4 Å². The molecule has 2 rings (SSSR count). The number of hydrogen-bond donors (Lipinski definition) is 2. The number of ether oxygens (including phenoxy) is 1. The molecule has 1 fully saturated rings. The highest BCUT2D eigenvalue weighted by molar-refractivity contribution is 5.99. The van der Waals surface area contributed by atoms with Crippen molar-refractivity contribution in [2.45, 2.75) is 32.7 Å². The fourth-order valence-corrected chi connectivity index (χ4v) is 2.08. The molecule has 1 saturated heterocycles. The van der Waals surface area contributed by atoms with Crippen LogP contribution in [0.1, 0.15) is 25.3 Å². The summed E-state index contributed by atoms with van der Waals surface area (Å²) in [7, 11) is 0. The van der Waals surface area contributed by atoms with Crippen LogP contribution in [-0.4, -0.2) is 24.5 Å². The molecule has 0 saturated carbocycles. The molecule has 1 aromatic rings. The molecule has 5 heteroatoms. The summed E-state index contributed by atoms with van der Waals surface area (Å²) < 4.78 is 5.44. The second-order valence-corrected chi connectivity index (χ2v) is 4.56. The Morgan fingerprint density at radius 1 is 1.53 bits per heavy atom. The van der Waals surface area contributed by atoms with Crippen LogP contribution in [0.5, 0.6) is 5.75 Å². The van der Waals surface area contributed by atoms with Crippen molar-refractivity contribution in [2.24, 2.45) is 0 Å². The van der Waals surface area contributed by atoms with E-state index >= 15 is 0 Å². The zero-order chi connectivity index (χ0) is 13.8. The summed E-state index contributed by atoms with van der Waals surface area (Å²) in [6, 6.07) is 5.08. The smallest absolute Gasteiger partial charge is 0.246 e. The molecule has 1 atom stereocenters. The number of carbonyl (C=O) groups is 2. The van der Waals surface area contributed by atoms with Gasteiger partial charge in [-0.3, -0.25) is 9.59 Å². The molecular formula is C14H18N2O3. The number of rotatable bonds is 4. The summed E-state index contributed by atoms with van der Waals surface area (Å²) in [5.74, 6) is 0.576. The number of carbonyl (C=O) groups excluding carboxylic acids is 2. The van der Waals surface area contributed by atoms with Crippen molar-refractivity contribution in [3.63, 3.8) is 0 Å². The Morgan fingerprint density at radius 3 is 2.89 bits per heavy atom. The van der Waals surface area contributed by atoms with Gasteiger partial charge >= 0.3 is 0 Å². The molecule has 0 aromatic heterocycles. The highest BCUT2D eigenvalue weighted by atomic mass is 16.5. The third-order valence-corrected chi connectivity index (χ3v) is 3.05. The van der Waals surface area contributed by atoms with Gasteiger partial charge in [0, 0.05) is 12.1 Å². The van der Waals surface area contributed by atoms with Crippen molar-refractivity contribution in [1.82, 2.24) is 5.32 Å². The number of nitrogens with one attached hydrogen (secondary N) is 2. The predicted molar refractivity (Wildman–Crippen MR) is 72.1 cm³/mol. The Hall–Kier alpha value is -2.04. The van der Waals surface area contributed by atoms with Crippen molar-refractivity contribution in [1.29, 1.82) is 0 Å². The van der Waals surface area contributed by atoms with Crippen molar-refractivity contribution in [3.8, 4) is 5.75 Å². The molecular weight excluding hydrogens is 244 g/mol. The minimum atomic E-state index is -0.417. The molecule has 102 valence electrons. The summed E-state index contributed by atoms with van der Waals surface area (Å²) in [6.45, 7) is 4.47. The third-order valence-electron chi connectivity index (χ3n) is 3.05. The van der Waals surface area contributed by atoms with Crippen LogP contribution in [0.15, 0.2) is 18.2 Å². The number of benzene rings is 1. The minimum absolute atomic E-state index is 0.0666. The molecule has 1 unspecified atom stereocenters. The van der Waals surface area contributed by atoms with E-state index in [2.05, 4.69) is 10.6 Å². The van der Waals surface area contributed by atoms with Gasteiger partial charge in [-0.2, -0.15) is 0 Å². The van der Waals surface area contributed by atoms with E-state index in [1.807, 2.05) is 26.0 Å². The molecule has 1 heterocycles. The summed E-state index contributed by atoms with van der Waals surface area (Å²) in [6.07, 6.45) is 0.973. The maximum absolute atomic E-state index is 11.9. The summed E-state index contributed by atoms with van der Waals surface area (Å²) in [4.78, 5) is 23.0. The SMILES string of the molecule is CCOc1ccc(NC(=O)C2CCC(=O)N2)cc1C. The highest BCUT2D eigenvalue weighted by Gasteiger charge is 2.27. The van der Waals surface area contributed by atoms with Gasteiger partial charge in [0.1, 0.15) is 11.8 Å². The van der Waals surface area contributed by atoms with Gasteiger partial charge in [0.25, 0.3) is 0 Å². The van der Waals surface area contributed by atoms with Crippen LogP contribution in [-0.2, 0) is 9.59 Å². The van der Waals surface area contributed by atoms with Crippen LogP contribution in [0.4, 0.5) is 5.69 Å². The van der Waals surface area contributed by atoms with Gasteiger partial charge in [-0.05, 0) is 44.0 Å². The van der Waals surface area contributed by atoms with E-state index in [0.717, 1.165) is 11.3 Å². The zero-order valence-electron chi connectivity index (χ0n) is 11.2. The summed E-state index contributed by atoms with van der Waals surface area (Å²) >= 11 is 0. The zero-order valence-corrected chi connectivity index (χ0v) is 11.2. The second kappa shape index (κ2) is 5.73. The van der Waals surface area contributed by atoms with Gasteiger partial charge in [0.05, 0.1) is 6.61 Å². The number of hydrogen-bond acceptors (Lipinski definition) is 3. The molecule has 2 N–H and O–H groups in total. The topological polar surface area (TPSA) is 67.4 Å². The monoisotopic (exact) mass is 262 g/mol. The Bertz CT molecular complexity index is 499. The highest BCUT2D eigenvalue weighted by Crippen LogP contribution is 2.22. The van der Waals surface area contributed by atoms with Crippen molar-refractivity contribution in [2.75, 3.05) is 11.9 Å². The van der Waals surface area contributed by atoms with Crippen LogP contribution < -0.4 is 15.4 Å². The van der Waals surface area contributed by atoms with Gasteiger partial charge in [0.2, 0.25) is 11.8 Å². The molecule has 19 heavy (non-hydrogen) atoms. The number of anilines is 1. The first-order chi connectivity index (χ1) is 9.10. The molecule has 1 aliphatic rings. The lowest BCUT2D eigenvalue weighted by atomic mass is 10.1. The number of aryl methyl sites for hydroxylation is 1. The van der Waals surface area contributed by atoms with Crippen molar-refractivity contribution < 1.29 is 14.3 Å². The van der Waals surface area contributed by atoms with Crippen molar-refractivity contribution in [3.05, 3.63) is 23.8 Å². The van der Waals surface area contributed by atoms with E-state index in [4.69, 9.17) is 4.74 Å². The maximum atomic E-state index is 11.9. The van der Waals surface area contributed by atoms with Gasteiger partial charge in [0.15, 0.2) is 0 Å². The Labute approximate surface area is 112 Å². The quantitative estimate of drug-likeness (QED) is 0.866. The van der Waals surface area contributed by atoms with Gasteiger partial charge in [-0.15, -0.1) is 0 Å². The molecule has 2 amide bonds. The average Bonchev–Trinajstić information content (AvgIpc) is 2.80. The van der Waals surface area contributed by atoms with Gasteiger partial charge in [-0.25, -0.2) is 0 Å². The fraction of sp³-hybridized carbons (Fsp3) is 0.429. The lowest BCUT2D eigenvalue weighted by Gasteiger charge is -2.13. The molecule has 5 nitrogen and oxygen atoms in total. The summed E-state index contributed by atoms with van der Waals surface area (Å²) in [5, 5.41) is 5.45. The molecule has 1 aliphatic heterocycles. The van der Waals surface area contributed by atoms with Gasteiger partial charge in [-0.1, -0.05) is 0 Å². The molecule has 0 spiro atoms. The second-order valence-electron chi connectivity index (χ2n) is 4.56. The molecule has 0 bridgehead atoms. The third kappa shape index (κ3) is 3.24. The van der Waals surface area contributed by atoms with Crippen molar-refractivity contribution >= 4 is 17.5 Å². The van der Waals surface area contributed by atoms with E-state index in [1.165, 1.54) is 0 Å². The van der Waals surface area contributed by atoms with Crippen LogP contribution in [0.2, 0.25) is 0 Å². The standard InChI is InChI=1S/C14H18N2O3/c1-3-19-12-6-4-10(8-9(12)2)15-14(18)11-5-7-13(17)16-11/h4,6,8,11H,3,5,7H2,1-2H3,(H,15,18)(H,16,17). The fourth-order valence-electron chi connectivity index (χ4n) is 2.08. The Balaban J connectivity index is 2.01. The molecule has 0 radical (unpaired) electrons. The normalized spacial score (nSPS) is 18.0. The van der Waals surface area contributed by atoms with Crippen LogP contribution >= 0.6 is 0 Å². The van der Waals surface area contributed by atoms with E-state index < -0.39 is 6.04 Å². The van der Waals surface area contributed by atoms with E-state index in [9.17, 15) is 9.59 Å².